The molecule has 0 heterocycles. The third-order valence-electron chi connectivity index (χ3n) is 6.25. The number of carboxylic acid groups (broad SMARTS) is 2. The first-order valence-corrected chi connectivity index (χ1v) is 10.1. The quantitative estimate of drug-likeness (QED) is 0.689. The molecule has 2 aliphatic rings. The number of sulfonamides is 1. The van der Waals surface area contributed by atoms with Crippen LogP contribution in [0.3, 0.4) is 0 Å². The Bertz CT molecular complexity index is 918. The molecule has 1 aromatic carbocycles. The van der Waals surface area contributed by atoms with E-state index in [1.54, 1.807) is 0 Å². The highest BCUT2D eigenvalue weighted by Crippen LogP contribution is 2.64. The predicted molar refractivity (Wildman–Crippen MR) is 91.1 cm³/mol. The average molecular weight is 393 g/mol. The van der Waals surface area contributed by atoms with Crippen LogP contribution in [0, 0.1) is 16.7 Å². The van der Waals surface area contributed by atoms with Gasteiger partial charge in [-0.3, -0.25) is 9.52 Å². The maximum absolute atomic E-state index is 12.7. The van der Waals surface area contributed by atoms with Crippen molar-refractivity contribution in [2.24, 2.45) is 16.7 Å². The van der Waals surface area contributed by atoms with Gasteiger partial charge in [0.05, 0.1) is 23.1 Å². The van der Waals surface area contributed by atoms with Gasteiger partial charge >= 0.3 is 0 Å². The fraction of sp³-hybridized carbons (Fsp3) is 0.500. The second-order valence-electron chi connectivity index (χ2n) is 7.90. The third-order valence-corrected chi connectivity index (χ3v) is 7.67. The molecule has 27 heavy (non-hydrogen) atoms. The van der Waals surface area contributed by atoms with Crippen LogP contribution < -0.4 is 14.9 Å². The lowest BCUT2D eigenvalue weighted by Crippen LogP contribution is -2.43. The summed E-state index contributed by atoms with van der Waals surface area (Å²) in [6, 6.07) is 2.76. The average Bonchev–Trinajstić information content (AvgIpc) is 2.87. The van der Waals surface area contributed by atoms with Gasteiger partial charge in [-0.15, -0.1) is 0 Å². The Balaban J connectivity index is 1.93. The molecule has 2 atom stereocenters. The Labute approximate surface area is 156 Å². The lowest BCUT2D eigenvalue weighted by atomic mass is 9.70. The first-order valence-electron chi connectivity index (χ1n) is 8.49. The minimum atomic E-state index is -4.05. The number of fused-ring (bicyclic) bond motifs is 2. The summed E-state index contributed by atoms with van der Waals surface area (Å²) in [7, 11) is -4.05. The summed E-state index contributed by atoms with van der Waals surface area (Å²) in [5.74, 6) is -3.66. The number of hydrogen-bond donors (Lipinski definition) is 1. The van der Waals surface area contributed by atoms with Crippen LogP contribution in [0.4, 0.5) is 5.69 Å². The number of aromatic carboxylic acids is 2. The van der Waals surface area contributed by atoms with E-state index in [0.717, 1.165) is 24.6 Å². The van der Waals surface area contributed by atoms with Crippen LogP contribution >= 0.6 is 0 Å². The number of nitrogens with one attached hydrogen (secondary N) is 1. The van der Waals surface area contributed by atoms with E-state index in [9.17, 15) is 33.0 Å². The fourth-order valence-corrected chi connectivity index (χ4v) is 6.45. The predicted octanol–water partition coefficient (Wildman–Crippen LogP) is -0.449. The third kappa shape index (κ3) is 3.09. The summed E-state index contributed by atoms with van der Waals surface area (Å²) >= 11 is 0. The van der Waals surface area contributed by atoms with E-state index in [-0.39, 0.29) is 17.4 Å². The molecule has 0 aromatic heterocycles. The molecule has 2 saturated carbocycles. The van der Waals surface area contributed by atoms with Gasteiger partial charge in [0.2, 0.25) is 10.0 Å². The van der Waals surface area contributed by atoms with Gasteiger partial charge in [0.15, 0.2) is 0 Å². The van der Waals surface area contributed by atoms with E-state index in [2.05, 4.69) is 4.72 Å². The topological polar surface area (TPSA) is 144 Å². The summed E-state index contributed by atoms with van der Waals surface area (Å²) in [5, 5.41) is 22.1. The summed E-state index contributed by atoms with van der Waals surface area (Å²) in [6.45, 7) is 3.80. The van der Waals surface area contributed by atoms with Gasteiger partial charge in [-0.2, -0.15) is 0 Å². The fourth-order valence-electron chi connectivity index (χ4n) is 4.57. The Hall–Kier alpha value is -2.42. The zero-order chi connectivity index (χ0) is 20.2. The monoisotopic (exact) mass is 393 g/mol. The summed E-state index contributed by atoms with van der Waals surface area (Å²) in [5.41, 5.74) is -2.67. The first kappa shape index (κ1) is 19.3. The highest BCUT2D eigenvalue weighted by Gasteiger charge is 2.65. The van der Waals surface area contributed by atoms with E-state index in [1.807, 2.05) is 13.8 Å². The Morgan fingerprint density at radius 2 is 1.70 bits per heavy atom. The number of benzene rings is 1. The molecule has 1 aromatic rings. The Morgan fingerprint density at radius 1 is 1.15 bits per heavy atom. The molecule has 0 unspecified atom stereocenters. The van der Waals surface area contributed by atoms with E-state index in [0.29, 0.717) is 12.8 Å². The van der Waals surface area contributed by atoms with Crippen molar-refractivity contribution in [3.05, 3.63) is 29.3 Å². The standard InChI is InChI=1S/C18H21NO7S/c1-17(2)12-3-4-18(17,14(20)8-12)9-27(25,26)19-13-6-10(15(21)22)5-11(7-13)16(23)24/h5-7,12,19H,3-4,8-9H2,1-2H3,(H,21,22)(H,23,24)/p-2/t12-,18-/m1/s1. The number of hydrogen-bond acceptors (Lipinski definition) is 7. The van der Waals surface area contributed by atoms with Crippen molar-refractivity contribution >= 4 is 33.4 Å². The molecule has 1 N–H and O–H groups in total. The van der Waals surface area contributed by atoms with Crippen molar-refractivity contribution in [1.29, 1.82) is 0 Å². The molecular weight excluding hydrogens is 374 g/mol. The van der Waals surface area contributed by atoms with Crippen molar-refractivity contribution < 1.29 is 33.0 Å². The largest absolute Gasteiger partial charge is 0.545 e. The number of carboxylic acids is 2. The van der Waals surface area contributed by atoms with Crippen LogP contribution in [0.25, 0.3) is 0 Å². The first-order chi connectivity index (χ1) is 12.4. The Morgan fingerprint density at radius 3 is 2.11 bits per heavy atom. The molecule has 2 aliphatic carbocycles. The van der Waals surface area contributed by atoms with Crippen LogP contribution in [-0.2, 0) is 14.8 Å². The van der Waals surface area contributed by atoms with Gasteiger partial charge in [-0.1, -0.05) is 13.8 Å². The zero-order valence-corrected chi connectivity index (χ0v) is 15.7. The number of carbonyl (C=O) groups is 3. The highest BCUT2D eigenvalue weighted by molar-refractivity contribution is 7.92. The van der Waals surface area contributed by atoms with Crippen molar-refractivity contribution in [2.45, 2.75) is 33.1 Å². The van der Waals surface area contributed by atoms with Crippen molar-refractivity contribution in [1.82, 2.24) is 0 Å². The molecule has 146 valence electrons. The molecule has 2 bridgehead atoms. The van der Waals surface area contributed by atoms with Crippen LogP contribution in [0.2, 0.25) is 0 Å². The smallest absolute Gasteiger partial charge is 0.233 e. The van der Waals surface area contributed by atoms with E-state index >= 15 is 0 Å². The molecule has 2 fully saturated rings. The normalized spacial score (nSPS) is 26.1. The summed E-state index contributed by atoms with van der Waals surface area (Å²) in [4.78, 5) is 34.6. The minimum Gasteiger partial charge on any atom is -0.545 e. The molecule has 0 amide bonds. The van der Waals surface area contributed by atoms with Gasteiger partial charge in [-0.25, -0.2) is 8.42 Å². The number of ketones is 1. The zero-order valence-electron chi connectivity index (χ0n) is 14.9. The maximum atomic E-state index is 12.7. The maximum Gasteiger partial charge on any atom is 0.233 e. The van der Waals surface area contributed by atoms with Crippen molar-refractivity contribution in [3.8, 4) is 0 Å². The van der Waals surface area contributed by atoms with Crippen molar-refractivity contribution in [2.75, 3.05) is 10.5 Å². The highest BCUT2D eigenvalue weighted by atomic mass is 32.2. The number of anilines is 1. The molecule has 0 aliphatic heterocycles. The van der Waals surface area contributed by atoms with Crippen LogP contribution in [0.1, 0.15) is 53.8 Å². The van der Waals surface area contributed by atoms with Crippen molar-refractivity contribution in [3.63, 3.8) is 0 Å². The lowest BCUT2D eigenvalue weighted by Gasteiger charge is -2.36. The van der Waals surface area contributed by atoms with Crippen LogP contribution in [0.15, 0.2) is 18.2 Å². The lowest BCUT2D eigenvalue weighted by molar-refractivity contribution is -0.255. The molecule has 0 spiro atoms. The number of rotatable bonds is 6. The van der Waals surface area contributed by atoms with E-state index in [1.165, 1.54) is 0 Å². The molecule has 9 heteroatoms. The van der Waals surface area contributed by atoms with Gasteiger partial charge in [0.25, 0.3) is 0 Å². The number of Topliss-reactive ketones (excluding diaryl/α,β-unsaturated/α-hetero) is 1. The minimum absolute atomic E-state index is 0.0759. The number of carbonyl (C=O) groups excluding carboxylic acids is 3. The van der Waals surface area contributed by atoms with Gasteiger partial charge in [0.1, 0.15) is 5.78 Å². The van der Waals surface area contributed by atoms with Gasteiger partial charge < -0.3 is 19.8 Å². The van der Waals surface area contributed by atoms with E-state index < -0.39 is 49.7 Å². The summed E-state index contributed by atoms with van der Waals surface area (Å²) < 4.78 is 27.7. The second-order valence-corrected chi connectivity index (χ2v) is 9.62. The molecular formula is C18H19NO7S-2. The SMILES string of the molecule is CC1(C)[C@@H]2CC[C@@]1(CS(=O)(=O)Nc1cc(C(=O)[O-])cc(C(=O)[O-])c1)C(=O)C2. The molecule has 8 nitrogen and oxygen atoms in total. The Kier molecular flexibility index (Phi) is 4.33. The van der Waals surface area contributed by atoms with Gasteiger partial charge in [-0.05, 0) is 53.5 Å². The van der Waals surface area contributed by atoms with Gasteiger partial charge in [0, 0.05) is 12.1 Å². The molecule has 3 rings (SSSR count). The second kappa shape index (κ2) is 6.05. The van der Waals surface area contributed by atoms with E-state index in [4.69, 9.17) is 0 Å². The molecule has 0 radical (unpaired) electrons. The summed E-state index contributed by atoms with van der Waals surface area (Å²) in [6.07, 6.45) is 1.62. The molecule has 0 saturated heterocycles. The van der Waals surface area contributed by atoms with Crippen LogP contribution in [-0.4, -0.2) is 31.9 Å². The van der Waals surface area contributed by atoms with Crippen LogP contribution in [0.5, 0.6) is 0 Å².